The van der Waals surface area contributed by atoms with Gasteiger partial charge in [0.15, 0.2) is 0 Å². The van der Waals surface area contributed by atoms with Gasteiger partial charge in [-0.3, -0.25) is 15.2 Å². The summed E-state index contributed by atoms with van der Waals surface area (Å²) in [5.74, 6) is -0.131. The Balaban J connectivity index is 2.00. The van der Waals surface area contributed by atoms with Gasteiger partial charge in [0.1, 0.15) is 0 Å². The predicted octanol–water partition coefficient (Wildman–Crippen LogP) is 0.880. The summed E-state index contributed by atoms with van der Waals surface area (Å²) in [7, 11) is 0. The highest BCUT2D eigenvalue weighted by Crippen LogP contribution is 2.13. The number of pyridine rings is 1. The number of nitrogens with zero attached hydrogens (tertiary/aromatic N) is 2. The number of carbonyl (C=O) groups excluding carboxylic acids is 1. The van der Waals surface area contributed by atoms with Crippen LogP contribution in [-0.4, -0.2) is 48.7 Å². The lowest BCUT2D eigenvalue weighted by molar-refractivity contribution is 0.0126. The van der Waals surface area contributed by atoms with Gasteiger partial charge >= 0.3 is 0 Å². The first-order chi connectivity index (χ1) is 9.31. The zero-order chi connectivity index (χ0) is 13.5. The van der Waals surface area contributed by atoms with Crippen molar-refractivity contribution in [2.45, 2.75) is 13.3 Å². The maximum atomic E-state index is 12.2. The van der Waals surface area contributed by atoms with Gasteiger partial charge in [-0.25, -0.2) is 5.01 Å². The van der Waals surface area contributed by atoms with Crippen molar-refractivity contribution in [2.75, 3.05) is 38.2 Å². The molecule has 0 radical (unpaired) electrons. The molecule has 6 nitrogen and oxygen atoms in total. The lowest BCUT2D eigenvalue weighted by Crippen LogP contribution is -2.48. The number of aromatic nitrogens is 1. The van der Waals surface area contributed by atoms with Gasteiger partial charge in [0, 0.05) is 32.0 Å². The van der Waals surface area contributed by atoms with Gasteiger partial charge < -0.3 is 10.1 Å². The van der Waals surface area contributed by atoms with Gasteiger partial charge in [-0.2, -0.15) is 0 Å². The Kier molecular flexibility index (Phi) is 5.11. The number of amides is 1. The number of anilines is 1. The standard InChI is InChI=1S/C13H20N4O2/c1-2-4-15-12-3-5-14-10-11(12)13(18)16-17-6-8-19-9-7-17/h3,5,10H,2,4,6-9H2,1H3,(H,14,15)(H,16,18). The van der Waals surface area contributed by atoms with Gasteiger partial charge in [0.05, 0.1) is 24.5 Å². The fraction of sp³-hybridized carbons (Fsp3) is 0.538. The summed E-state index contributed by atoms with van der Waals surface area (Å²) in [6, 6.07) is 1.82. The molecule has 1 saturated heterocycles. The fourth-order valence-corrected chi connectivity index (χ4v) is 1.87. The number of carbonyl (C=O) groups is 1. The van der Waals surface area contributed by atoms with Gasteiger partial charge in [-0.05, 0) is 12.5 Å². The molecule has 0 aromatic carbocycles. The second-order valence-electron chi connectivity index (χ2n) is 4.39. The predicted molar refractivity (Wildman–Crippen MR) is 72.9 cm³/mol. The normalized spacial score (nSPS) is 16.1. The van der Waals surface area contributed by atoms with Gasteiger partial charge in [-0.1, -0.05) is 6.92 Å². The van der Waals surface area contributed by atoms with Crippen molar-refractivity contribution >= 4 is 11.6 Å². The molecule has 0 atom stereocenters. The molecule has 2 rings (SSSR count). The lowest BCUT2D eigenvalue weighted by Gasteiger charge is -2.27. The van der Waals surface area contributed by atoms with Crippen molar-refractivity contribution in [3.63, 3.8) is 0 Å². The Morgan fingerprint density at radius 2 is 2.26 bits per heavy atom. The van der Waals surface area contributed by atoms with Crippen molar-refractivity contribution in [3.8, 4) is 0 Å². The first-order valence-corrected chi connectivity index (χ1v) is 6.63. The molecule has 1 aliphatic rings. The van der Waals surface area contributed by atoms with Gasteiger partial charge in [-0.15, -0.1) is 0 Å². The molecule has 0 saturated carbocycles. The second kappa shape index (κ2) is 7.06. The molecular formula is C13H20N4O2. The minimum Gasteiger partial charge on any atom is -0.384 e. The van der Waals surface area contributed by atoms with Crippen LogP contribution in [0.3, 0.4) is 0 Å². The first-order valence-electron chi connectivity index (χ1n) is 6.63. The largest absolute Gasteiger partial charge is 0.384 e. The Hall–Kier alpha value is -1.66. The fourth-order valence-electron chi connectivity index (χ4n) is 1.87. The molecule has 1 amide bonds. The summed E-state index contributed by atoms with van der Waals surface area (Å²) in [6.45, 7) is 5.64. The molecule has 2 heterocycles. The monoisotopic (exact) mass is 264 g/mol. The van der Waals surface area contributed by atoms with Crippen LogP contribution in [0.4, 0.5) is 5.69 Å². The Bertz CT molecular complexity index is 419. The van der Waals surface area contributed by atoms with Gasteiger partial charge in [0.25, 0.3) is 5.91 Å². The molecule has 2 N–H and O–H groups in total. The van der Waals surface area contributed by atoms with E-state index in [1.165, 1.54) is 0 Å². The zero-order valence-electron chi connectivity index (χ0n) is 11.2. The van der Waals surface area contributed by atoms with Crippen molar-refractivity contribution in [1.82, 2.24) is 15.4 Å². The van der Waals surface area contributed by atoms with Crippen molar-refractivity contribution in [3.05, 3.63) is 24.0 Å². The number of rotatable bonds is 5. The van der Waals surface area contributed by atoms with Crippen LogP contribution >= 0.6 is 0 Å². The SMILES string of the molecule is CCCNc1ccncc1C(=O)NN1CCOCC1. The Morgan fingerprint density at radius 3 is 3.00 bits per heavy atom. The molecule has 0 unspecified atom stereocenters. The molecule has 19 heavy (non-hydrogen) atoms. The van der Waals surface area contributed by atoms with E-state index < -0.39 is 0 Å². The van der Waals surface area contributed by atoms with Crippen molar-refractivity contribution in [1.29, 1.82) is 0 Å². The van der Waals surface area contributed by atoms with Crippen LogP contribution in [0.1, 0.15) is 23.7 Å². The third-order valence-corrected chi connectivity index (χ3v) is 2.90. The van der Waals surface area contributed by atoms with E-state index in [-0.39, 0.29) is 5.91 Å². The van der Waals surface area contributed by atoms with Crippen LogP contribution in [0, 0.1) is 0 Å². The number of hydrazine groups is 1. The van der Waals surface area contributed by atoms with E-state index in [0.29, 0.717) is 31.9 Å². The van der Waals surface area contributed by atoms with E-state index in [0.717, 1.165) is 18.7 Å². The topological polar surface area (TPSA) is 66.5 Å². The summed E-state index contributed by atoms with van der Waals surface area (Å²) in [4.78, 5) is 16.2. The second-order valence-corrected chi connectivity index (χ2v) is 4.39. The molecule has 0 spiro atoms. The number of ether oxygens (including phenoxy) is 1. The van der Waals surface area contributed by atoms with E-state index in [2.05, 4.69) is 22.7 Å². The van der Waals surface area contributed by atoms with E-state index in [4.69, 9.17) is 4.74 Å². The summed E-state index contributed by atoms with van der Waals surface area (Å²) in [5, 5.41) is 5.11. The maximum absolute atomic E-state index is 12.2. The smallest absolute Gasteiger partial charge is 0.269 e. The van der Waals surface area contributed by atoms with Crippen LogP contribution in [0.15, 0.2) is 18.5 Å². The minimum atomic E-state index is -0.131. The van der Waals surface area contributed by atoms with E-state index in [1.807, 2.05) is 11.1 Å². The van der Waals surface area contributed by atoms with Crippen LogP contribution in [0.25, 0.3) is 0 Å². The molecule has 0 bridgehead atoms. The van der Waals surface area contributed by atoms with E-state index in [1.54, 1.807) is 12.4 Å². The molecule has 1 aromatic heterocycles. The molecule has 6 heteroatoms. The number of hydrogen-bond donors (Lipinski definition) is 2. The Labute approximate surface area is 113 Å². The highest BCUT2D eigenvalue weighted by Gasteiger charge is 2.16. The number of nitrogens with one attached hydrogen (secondary N) is 2. The number of morpholine rings is 1. The van der Waals surface area contributed by atoms with E-state index in [9.17, 15) is 4.79 Å². The summed E-state index contributed by atoms with van der Waals surface area (Å²) in [5.41, 5.74) is 4.28. The van der Waals surface area contributed by atoms with Crippen LogP contribution in [0.5, 0.6) is 0 Å². The summed E-state index contributed by atoms with van der Waals surface area (Å²) in [6.07, 6.45) is 4.28. The van der Waals surface area contributed by atoms with Crippen molar-refractivity contribution < 1.29 is 9.53 Å². The third-order valence-electron chi connectivity index (χ3n) is 2.90. The molecule has 104 valence electrons. The number of hydrogen-bond acceptors (Lipinski definition) is 5. The average molecular weight is 264 g/mol. The third kappa shape index (κ3) is 3.90. The molecule has 0 aliphatic carbocycles. The Morgan fingerprint density at radius 1 is 1.47 bits per heavy atom. The lowest BCUT2D eigenvalue weighted by atomic mass is 10.2. The van der Waals surface area contributed by atoms with E-state index >= 15 is 0 Å². The maximum Gasteiger partial charge on any atom is 0.269 e. The first kappa shape index (κ1) is 13.8. The highest BCUT2D eigenvalue weighted by molar-refractivity contribution is 5.98. The summed E-state index contributed by atoms with van der Waals surface area (Å²) < 4.78 is 5.25. The van der Waals surface area contributed by atoms with Crippen LogP contribution < -0.4 is 10.7 Å². The van der Waals surface area contributed by atoms with Gasteiger partial charge in [0.2, 0.25) is 0 Å². The quantitative estimate of drug-likeness (QED) is 0.826. The molecule has 1 fully saturated rings. The minimum absolute atomic E-state index is 0.131. The molecule has 1 aromatic rings. The zero-order valence-corrected chi connectivity index (χ0v) is 11.2. The van der Waals surface area contributed by atoms with Crippen LogP contribution in [-0.2, 0) is 4.74 Å². The highest BCUT2D eigenvalue weighted by atomic mass is 16.5. The van der Waals surface area contributed by atoms with Crippen molar-refractivity contribution in [2.24, 2.45) is 0 Å². The molecule has 1 aliphatic heterocycles. The van der Waals surface area contributed by atoms with Crippen LogP contribution in [0.2, 0.25) is 0 Å². The molecular weight excluding hydrogens is 244 g/mol. The summed E-state index contributed by atoms with van der Waals surface area (Å²) >= 11 is 0. The average Bonchev–Trinajstić information content (AvgIpc) is 2.46.